The van der Waals surface area contributed by atoms with E-state index in [1.807, 2.05) is 30.8 Å². The molecule has 210 valence electrons. The van der Waals surface area contributed by atoms with Crippen LogP contribution in [0.25, 0.3) is 32.9 Å². The summed E-state index contributed by atoms with van der Waals surface area (Å²) in [4.78, 5) is 27.6. The Morgan fingerprint density at radius 2 is 2.02 bits per heavy atom. The normalized spacial score (nSPS) is 14.0. The van der Waals surface area contributed by atoms with Gasteiger partial charge in [0.1, 0.15) is 5.75 Å². The van der Waals surface area contributed by atoms with Gasteiger partial charge in [0.15, 0.2) is 6.61 Å². The number of hydrogen-bond acceptors (Lipinski definition) is 5. The first-order chi connectivity index (χ1) is 19.3. The maximum Gasteiger partial charge on any atom is 0.260 e. The highest BCUT2D eigenvalue weighted by Gasteiger charge is 2.35. The summed E-state index contributed by atoms with van der Waals surface area (Å²) in [5.74, 6) is 0.948. The molecule has 2 aromatic heterocycles. The molecule has 2 aromatic carbocycles. The number of nitrogens with one attached hydrogen (secondary N) is 1. The number of aromatic nitrogens is 3. The summed E-state index contributed by atoms with van der Waals surface area (Å²) in [5.41, 5.74) is 8.50. The van der Waals surface area contributed by atoms with Crippen LogP contribution in [0, 0.1) is 5.92 Å². The van der Waals surface area contributed by atoms with Crippen LogP contribution in [0.4, 0.5) is 0 Å². The molecular weight excluding hydrogens is 506 g/mol. The Hall–Kier alpha value is -3.85. The minimum atomic E-state index is -0.0981. The lowest BCUT2D eigenvalue weighted by Crippen LogP contribution is -2.34. The van der Waals surface area contributed by atoms with Crippen molar-refractivity contribution in [2.75, 3.05) is 33.4 Å². The lowest BCUT2D eigenvalue weighted by molar-refractivity contribution is -0.132. The number of rotatable bonds is 9. The average molecular weight is 544 g/mol. The third kappa shape index (κ3) is 4.33. The molecule has 9 nitrogen and oxygen atoms in total. The van der Waals surface area contributed by atoms with E-state index in [9.17, 15) is 9.59 Å². The second-order valence-electron chi connectivity index (χ2n) is 11.3. The Morgan fingerprint density at radius 1 is 1.20 bits per heavy atom. The molecule has 0 fully saturated rings. The van der Waals surface area contributed by atoms with E-state index in [0.717, 1.165) is 63.6 Å². The molecule has 1 aliphatic heterocycles. The Balaban J connectivity index is 1.49. The quantitative estimate of drug-likeness (QED) is 0.322. The van der Waals surface area contributed by atoms with Crippen LogP contribution < -0.4 is 10.1 Å². The smallest absolute Gasteiger partial charge is 0.260 e. The molecule has 1 aliphatic carbocycles. The first-order valence-corrected chi connectivity index (χ1v) is 14.2. The van der Waals surface area contributed by atoms with Crippen LogP contribution in [0.3, 0.4) is 0 Å². The summed E-state index contributed by atoms with van der Waals surface area (Å²) in [7, 11) is 3.70. The van der Waals surface area contributed by atoms with E-state index < -0.39 is 0 Å². The molecule has 0 saturated heterocycles. The van der Waals surface area contributed by atoms with Crippen LogP contribution in [-0.4, -0.2) is 64.5 Å². The number of nitrogens with zero attached hydrogens (tertiary/aromatic N) is 4. The maximum absolute atomic E-state index is 13.3. The molecule has 0 unspecified atom stereocenters. The molecule has 9 heteroatoms. The van der Waals surface area contributed by atoms with Crippen LogP contribution >= 0.6 is 0 Å². The van der Waals surface area contributed by atoms with Crippen molar-refractivity contribution >= 4 is 33.6 Å². The van der Waals surface area contributed by atoms with Gasteiger partial charge in [0.25, 0.3) is 11.8 Å². The number of fused-ring (bicyclic) bond motifs is 10. The highest BCUT2D eigenvalue weighted by atomic mass is 16.5. The summed E-state index contributed by atoms with van der Waals surface area (Å²) in [6, 6.07) is 6.08. The summed E-state index contributed by atoms with van der Waals surface area (Å²) in [6.45, 7) is 9.35. The van der Waals surface area contributed by atoms with Crippen LogP contribution in [-0.2, 0) is 42.5 Å². The molecule has 3 heterocycles. The Morgan fingerprint density at radius 3 is 2.80 bits per heavy atom. The number of ether oxygens (including phenoxy) is 2. The lowest BCUT2D eigenvalue weighted by atomic mass is 9.82. The second-order valence-corrected chi connectivity index (χ2v) is 11.3. The topological polar surface area (TPSA) is 90.6 Å². The van der Waals surface area contributed by atoms with E-state index in [4.69, 9.17) is 14.6 Å². The van der Waals surface area contributed by atoms with Crippen molar-refractivity contribution in [3.05, 3.63) is 46.8 Å². The van der Waals surface area contributed by atoms with E-state index in [1.165, 1.54) is 11.1 Å². The van der Waals surface area contributed by atoms with Crippen LogP contribution in [0.5, 0.6) is 5.75 Å². The largest absolute Gasteiger partial charge is 0.484 e. The van der Waals surface area contributed by atoms with E-state index >= 15 is 0 Å². The molecule has 4 aromatic rings. The first-order valence-electron chi connectivity index (χ1n) is 14.2. The van der Waals surface area contributed by atoms with Crippen LogP contribution in [0.2, 0.25) is 0 Å². The number of benzene rings is 2. The van der Waals surface area contributed by atoms with E-state index in [2.05, 4.69) is 36.0 Å². The van der Waals surface area contributed by atoms with Crippen molar-refractivity contribution in [3.8, 4) is 16.9 Å². The van der Waals surface area contributed by atoms with Crippen molar-refractivity contribution < 1.29 is 19.1 Å². The Kier molecular flexibility index (Phi) is 6.78. The van der Waals surface area contributed by atoms with Crippen molar-refractivity contribution in [3.63, 3.8) is 0 Å². The van der Waals surface area contributed by atoms with Crippen molar-refractivity contribution in [2.24, 2.45) is 13.0 Å². The monoisotopic (exact) mass is 543 g/mol. The standard InChI is InChI=1S/C31H37N5O4/c1-6-39-12-11-34(4)26(37)17-40-19-7-10-25-21(13-19)28-22-14-32-31(38)29(22)27-20(30(28)36(25)15-18(2)3)8-9-24-23(27)16-35(5)33-24/h7,10,13,16,18H,6,8-9,11-12,14-15,17H2,1-5H3,(H,32,38). The number of hydrogen-bond donors (Lipinski definition) is 1. The van der Waals surface area contributed by atoms with E-state index in [0.29, 0.717) is 38.0 Å². The van der Waals surface area contributed by atoms with Gasteiger partial charge in [-0.15, -0.1) is 0 Å². The molecule has 0 radical (unpaired) electrons. The molecule has 2 aliphatic rings. The van der Waals surface area contributed by atoms with Crippen LogP contribution in [0.1, 0.15) is 48.0 Å². The minimum absolute atomic E-state index is 0.0253. The lowest BCUT2D eigenvalue weighted by Gasteiger charge is -2.22. The zero-order valence-electron chi connectivity index (χ0n) is 24.0. The van der Waals surface area contributed by atoms with Crippen molar-refractivity contribution in [1.29, 1.82) is 0 Å². The SMILES string of the molecule is CCOCCN(C)C(=O)COc1ccc2c(c1)c1c3c(c4c(c1n2CC(C)C)CCc1nn(C)cc1-4)C(=O)NC3. The number of amides is 2. The molecule has 40 heavy (non-hydrogen) atoms. The summed E-state index contributed by atoms with van der Waals surface area (Å²) >= 11 is 0. The van der Waals surface area contributed by atoms with Gasteiger partial charge in [-0.2, -0.15) is 5.10 Å². The Bertz CT molecular complexity index is 1650. The fourth-order valence-electron chi connectivity index (χ4n) is 6.26. The van der Waals surface area contributed by atoms with Gasteiger partial charge in [-0.3, -0.25) is 14.3 Å². The number of carbonyl (C=O) groups excluding carboxylic acids is 2. The van der Waals surface area contributed by atoms with Crippen molar-refractivity contribution in [1.82, 2.24) is 24.6 Å². The van der Waals surface area contributed by atoms with Gasteiger partial charge in [0.2, 0.25) is 0 Å². The fourth-order valence-corrected chi connectivity index (χ4v) is 6.26. The summed E-state index contributed by atoms with van der Waals surface area (Å²) in [6.07, 6.45) is 3.72. The van der Waals surface area contributed by atoms with Gasteiger partial charge in [-0.1, -0.05) is 13.8 Å². The molecule has 0 bridgehead atoms. The molecule has 2 amide bonds. The van der Waals surface area contributed by atoms with Gasteiger partial charge in [-0.25, -0.2) is 0 Å². The predicted molar refractivity (Wildman–Crippen MR) is 155 cm³/mol. The zero-order chi connectivity index (χ0) is 28.1. The van der Waals surface area contributed by atoms with Gasteiger partial charge in [0.05, 0.1) is 23.4 Å². The third-order valence-corrected chi connectivity index (χ3v) is 8.03. The molecule has 6 rings (SSSR count). The van der Waals surface area contributed by atoms with Gasteiger partial charge < -0.3 is 24.3 Å². The van der Waals surface area contributed by atoms with Gasteiger partial charge >= 0.3 is 0 Å². The molecule has 0 atom stereocenters. The van der Waals surface area contributed by atoms with Gasteiger partial charge in [-0.05, 0) is 55.0 Å². The van der Waals surface area contributed by atoms with Crippen LogP contribution in [0.15, 0.2) is 24.4 Å². The highest BCUT2D eigenvalue weighted by molar-refractivity contribution is 6.19. The number of carbonyl (C=O) groups is 2. The first kappa shape index (κ1) is 26.4. The van der Waals surface area contributed by atoms with Gasteiger partial charge in [0, 0.05) is 73.9 Å². The fraction of sp³-hybridized carbons (Fsp3) is 0.452. The molecule has 0 spiro atoms. The predicted octanol–water partition coefficient (Wildman–Crippen LogP) is 4.07. The van der Waals surface area contributed by atoms with E-state index in [-0.39, 0.29) is 18.4 Å². The summed E-state index contributed by atoms with van der Waals surface area (Å²) < 4.78 is 15.7. The maximum atomic E-state index is 13.3. The molecule has 0 saturated carbocycles. The van der Waals surface area contributed by atoms with Crippen molar-refractivity contribution in [2.45, 2.75) is 46.7 Å². The number of aryl methyl sites for hydroxylation is 3. The molecular formula is C31H37N5O4. The Labute approximate surface area is 234 Å². The minimum Gasteiger partial charge on any atom is -0.484 e. The second kappa shape index (κ2) is 10.3. The molecule has 1 N–H and O–H groups in total. The summed E-state index contributed by atoms with van der Waals surface area (Å²) in [5, 5.41) is 9.96. The van der Waals surface area contributed by atoms with E-state index in [1.54, 1.807) is 11.9 Å². The third-order valence-electron chi connectivity index (χ3n) is 8.03. The zero-order valence-corrected chi connectivity index (χ0v) is 24.0. The number of likely N-dealkylation sites (N-methyl/N-ethyl adjacent to an activating group) is 1. The highest BCUT2D eigenvalue weighted by Crippen LogP contribution is 2.47. The average Bonchev–Trinajstić information content (AvgIpc) is 3.59.